The minimum absolute atomic E-state index is 0. The third kappa shape index (κ3) is 4.72. The highest BCUT2D eigenvalue weighted by Crippen LogP contribution is 2.16. The minimum atomic E-state index is -1.05. The van der Waals surface area contributed by atoms with Crippen molar-refractivity contribution in [1.82, 2.24) is 4.90 Å². The molecule has 0 fully saturated rings. The second kappa shape index (κ2) is 8.00. The van der Waals surface area contributed by atoms with Crippen LogP contribution in [0, 0.1) is 0 Å². The SMILES string of the molecule is Cl.N[C@@H](CCC(=O)N1CCc2ccccc2CC1)C(=O)O. The van der Waals surface area contributed by atoms with Crippen molar-refractivity contribution in [3.05, 3.63) is 35.4 Å². The van der Waals surface area contributed by atoms with Crippen LogP contribution in [-0.4, -0.2) is 41.0 Å². The number of carbonyl (C=O) groups excluding carboxylic acids is 1. The van der Waals surface area contributed by atoms with Gasteiger partial charge < -0.3 is 15.7 Å². The highest BCUT2D eigenvalue weighted by Gasteiger charge is 2.20. The molecule has 0 aromatic heterocycles. The molecule has 3 N–H and O–H groups in total. The van der Waals surface area contributed by atoms with Crippen LogP contribution in [0.1, 0.15) is 24.0 Å². The number of benzene rings is 1. The van der Waals surface area contributed by atoms with Crippen LogP contribution in [0.15, 0.2) is 24.3 Å². The van der Waals surface area contributed by atoms with Crippen molar-refractivity contribution >= 4 is 24.3 Å². The topological polar surface area (TPSA) is 83.6 Å². The molecule has 21 heavy (non-hydrogen) atoms. The van der Waals surface area contributed by atoms with E-state index >= 15 is 0 Å². The van der Waals surface area contributed by atoms with Crippen molar-refractivity contribution in [2.24, 2.45) is 5.73 Å². The lowest BCUT2D eigenvalue weighted by Gasteiger charge is -2.20. The van der Waals surface area contributed by atoms with Gasteiger partial charge in [0.15, 0.2) is 0 Å². The van der Waals surface area contributed by atoms with Crippen LogP contribution in [0.5, 0.6) is 0 Å². The number of carboxylic acid groups (broad SMARTS) is 1. The summed E-state index contributed by atoms with van der Waals surface area (Å²) in [6, 6.07) is 7.28. The Hall–Kier alpha value is -1.59. The number of carboxylic acids is 1. The van der Waals surface area contributed by atoms with Crippen molar-refractivity contribution in [1.29, 1.82) is 0 Å². The van der Waals surface area contributed by atoms with Gasteiger partial charge in [0, 0.05) is 19.5 Å². The van der Waals surface area contributed by atoms with E-state index < -0.39 is 12.0 Å². The first-order chi connectivity index (χ1) is 9.58. The lowest BCUT2D eigenvalue weighted by Crippen LogP contribution is -2.36. The molecule has 1 aliphatic rings. The molecule has 5 nitrogen and oxygen atoms in total. The molecule has 0 unspecified atom stereocenters. The number of halogens is 1. The monoisotopic (exact) mass is 312 g/mol. The first-order valence-electron chi connectivity index (χ1n) is 6.91. The number of nitrogens with two attached hydrogens (primary N) is 1. The predicted octanol–water partition coefficient (Wildman–Crippen LogP) is 1.23. The molecule has 1 aromatic carbocycles. The fourth-order valence-electron chi connectivity index (χ4n) is 2.48. The van der Waals surface area contributed by atoms with E-state index in [1.54, 1.807) is 0 Å². The maximum absolute atomic E-state index is 12.1. The Morgan fingerprint density at radius 2 is 1.71 bits per heavy atom. The number of amides is 1. The van der Waals surface area contributed by atoms with Gasteiger partial charge in [-0.05, 0) is 30.4 Å². The first-order valence-corrected chi connectivity index (χ1v) is 6.91. The van der Waals surface area contributed by atoms with E-state index in [0.717, 1.165) is 12.8 Å². The number of aliphatic carboxylic acids is 1. The van der Waals surface area contributed by atoms with Crippen LogP contribution >= 0.6 is 12.4 Å². The summed E-state index contributed by atoms with van der Waals surface area (Å²) in [6.07, 6.45) is 2.10. The zero-order valence-electron chi connectivity index (χ0n) is 11.8. The minimum Gasteiger partial charge on any atom is -0.480 e. The Labute approximate surface area is 130 Å². The summed E-state index contributed by atoms with van der Waals surface area (Å²) in [6.45, 7) is 1.39. The molecular formula is C15H21ClN2O3. The van der Waals surface area contributed by atoms with Crippen LogP contribution in [0.3, 0.4) is 0 Å². The van der Waals surface area contributed by atoms with Gasteiger partial charge in [0.2, 0.25) is 5.91 Å². The zero-order valence-corrected chi connectivity index (χ0v) is 12.6. The summed E-state index contributed by atoms with van der Waals surface area (Å²) >= 11 is 0. The van der Waals surface area contributed by atoms with Crippen LogP contribution < -0.4 is 5.73 Å². The van der Waals surface area contributed by atoms with Crippen LogP contribution in [0.25, 0.3) is 0 Å². The predicted molar refractivity (Wildman–Crippen MR) is 82.5 cm³/mol. The second-order valence-corrected chi connectivity index (χ2v) is 5.13. The van der Waals surface area contributed by atoms with Gasteiger partial charge in [-0.1, -0.05) is 24.3 Å². The average Bonchev–Trinajstić information content (AvgIpc) is 2.66. The Kier molecular flexibility index (Phi) is 6.65. The van der Waals surface area contributed by atoms with Crippen molar-refractivity contribution in [2.75, 3.05) is 13.1 Å². The van der Waals surface area contributed by atoms with E-state index in [1.807, 2.05) is 17.0 Å². The van der Waals surface area contributed by atoms with E-state index in [9.17, 15) is 9.59 Å². The molecule has 1 heterocycles. The van der Waals surface area contributed by atoms with Gasteiger partial charge in [-0.3, -0.25) is 9.59 Å². The third-order valence-corrected chi connectivity index (χ3v) is 3.76. The fourth-order valence-corrected chi connectivity index (χ4v) is 2.48. The normalized spacial score (nSPS) is 15.4. The summed E-state index contributed by atoms with van der Waals surface area (Å²) in [5, 5.41) is 8.72. The van der Waals surface area contributed by atoms with E-state index in [2.05, 4.69) is 12.1 Å². The van der Waals surface area contributed by atoms with Gasteiger partial charge in [0.25, 0.3) is 0 Å². The number of hydrogen-bond acceptors (Lipinski definition) is 3. The van der Waals surface area contributed by atoms with Crippen molar-refractivity contribution in [3.8, 4) is 0 Å². The smallest absolute Gasteiger partial charge is 0.320 e. The highest BCUT2D eigenvalue weighted by molar-refractivity contribution is 5.85. The number of fused-ring (bicyclic) bond motifs is 1. The molecule has 116 valence electrons. The van der Waals surface area contributed by atoms with Gasteiger partial charge in [0.05, 0.1) is 0 Å². The summed E-state index contributed by atoms with van der Waals surface area (Å²) in [5.41, 5.74) is 8.02. The Balaban J connectivity index is 0.00000220. The van der Waals surface area contributed by atoms with Crippen LogP contribution in [-0.2, 0) is 22.4 Å². The van der Waals surface area contributed by atoms with Gasteiger partial charge in [0.1, 0.15) is 6.04 Å². The Morgan fingerprint density at radius 3 is 2.19 bits per heavy atom. The summed E-state index contributed by atoms with van der Waals surface area (Å²) < 4.78 is 0. The molecule has 0 aliphatic carbocycles. The number of nitrogens with zero attached hydrogens (tertiary/aromatic N) is 1. The lowest BCUT2D eigenvalue weighted by atomic mass is 10.0. The van der Waals surface area contributed by atoms with E-state index in [1.165, 1.54) is 11.1 Å². The first kappa shape index (κ1) is 17.5. The molecule has 1 aromatic rings. The zero-order chi connectivity index (χ0) is 14.5. The Bertz CT molecular complexity index is 480. The fraction of sp³-hybridized carbons (Fsp3) is 0.467. The van der Waals surface area contributed by atoms with Gasteiger partial charge in [-0.2, -0.15) is 0 Å². The van der Waals surface area contributed by atoms with Crippen LogP contribution in [0.4, 0.5) is 0 Å². The summed E-state index contributed by atoms with van der Waals surface area (Å²) in [7, 11) is 0. The lowest BCUT2D eigenvalue weighted by molar-refractivity contribution is -0.139. The van der Waals surface area contributed by atoms with Gasteiger partial charge >= 0.3 is 5.97 Å². The molecule has 6 heteroatoms. The maximum atomic E-state index is 12.1. The maximum Gasteiger partial charge on any atom is 0.320 e. The number of rotatable bonds is 4. The van der Waals surface area contributed by atoms with E-state index in [0.29, 0.717) is 13.1 Å². The molecule has 0 spiro atoms. The molecular weight excluding hydrogens is 292 g/mol. The standard InChI is InChI=1S/C15H20N2O3.ClH/c16-13(15(19)20)5-6-14(18)17-9-7-11-3-1-2-4-12(11)8-10-17;/h1-4,13H,5-10,16H2,(H,19,20);1H/t13-;/m0./s1. The molecule has 2 rings (SSSR count). The van der Waals surface area contributed by atoms with E-state index in [4.69, 9.17) is 10.8 Å². The molecule has 0 radical (unpaired) electrons. The quantitative estimate of drug-likeness (QED) is 0.876. The molecule has 1 atom stereocenters. The van der Waals surface area contributed by atoms with Gasteiger partial charge in [-0.15, -0.1) is 12.4 Å². The van der Waals surface area contributed by atoms with Gasteiger partial charge in [-0.25, -0.2) is 0 Å². The second-order valence-electron chi connectivity index (χ2n) is 5.13. The average molecular weight is 313 g/mol. The van der Waals surface area contributed by atoms with Crippen LogP contribution in [0.2, 0.25) is 0 Å². The molecule has 0 saturated carbocycles. The van der Waals surface area contributed by atoms with E-state index in [-0.39, 0.29) is 31.2 Å². The number of hydrogen-bond donors (Lipinski definition) is 2. The molecule has 1 aliphatic heterocycles. The largest absolute Gasteiger partial charge is 0.480 e. The van der Waals surface area contributed by atoms with Crippen molar-refractivity contribution in [2.45, 2.75) is 31.7 Å². The van der Waals surface area contributed by atoms with Crippen molar-refractivity contribution in [3.63, 3.8) is 0 Å². The number of carbonyl (C=O) groups is 2. The van der Waals surface area contributed by atoms with Crippen molar-refractivity contribution < 1.29 is 14.7 Å². The molecule has 0 saturated heterocycles. The molecule has 0 bridgehead atoms. The third-order valence-electron chi connectivity index (χ3n) is 3.76. The Morgan fingerprint density at radius 1 is 1.19 bits per heavy atom. The summed E-state index contributed by atoms with van der Waals surface area (Å²) in [5.74, 6) is -1.06. The molecule has 1 amide bonds. The highest BCUT2D eigenvalue weighted by atomic mass is 35.5. The summed E-state index contributed by atoms with van der Waals surface area (Å²) in [4.78, 5) is 24.6.